The molecular formula is C9H22N2O2. The molecule has 0 aromatic rings. The van der Waals surface area contributed by atoms with Crippen LogP contribution in [-0.4, -0.2) is 42.6 Å². The topological polar surface area (TPSA) is 78.5 Å². The van der Waals surface area contributed by atoms with Crippen molar-refractivity contribution in [3.8, 4) is 0 Å². The summed E-state index contributed by atoms with van der Waals surface area (Å²) in [7, 11) is 0. The van der Waals surface area contributed by atoms with Crippen LogP contribution in [0.5, 0.6) is 0 Å². The molecule has 0 aliphatic heterocycles. The summed E-state index contributed by atoms with van der Waals surface area (Å²) in [6.45, 7) is 1.99. The van der Waals surface area contributed by atoms with Crippen LogP contribution < -0.4 is 11.1 Å². The molecule has 1 unspecified atom stereocenters. The maximum atomic E-state index is 8.62. The lowest BCUT2D eigenvalue weighted by molar-refractivity contribution is 0.271. The largest absolute Gasteiger partial charge is 0.396 e. The van der Waals surface area contributed by atoms with Crippen LogP contribution in [0.25, 0.3) is 0 Å². The number of nitrogens with one attached hydrogen (secondary N) is 1. The monoisotopic (exact) mass is 190 g/mol. The molecule has 0 bridgehead atoms. The first kappa shape index (κ1) is 12.8. The van der Waals surface area contributed by atoms with E-state index in [9.17, 15) is 0 Å². The minimum Gasteiger partial charge on any atom is -0.396 e. The van der Waals surface area contributed by atoms with E-state index in [1.54, 1.807) is 0 Å². The van der Waals surface area contributed by atoms with Gasteiger partial charge in [0.15, 0.2) is 0 Å². The predicted molar refractivity (Wildman–Crippen MR) is 53.5 cm³/mol. The van der Waals surface area contributed by atoms with Gasteiger partial charge in [0, 0.05) is 25.8 Å². The van der Waals surface area contributed by atoms with E-state index in [4.69, 9.17) is 15.9 Å². The van der Waals surface area contributed by atoms with Gasteiger partial charge in [0.25, 0.3) is 0 Å². The van der Waals surface area contributed by atoms with Gasteiger partial charge in [0.05, 0.1) is 0 Å². The number of aliphatic hydroxyl groups is 2. The van der Waals surface area contributed by atoms with Crippen LogP contribution in [0.2, 0.25) is 0 Å². The number of nitrogens with two attached hydrogens (primary N) is 1. The molecule has 0 aliphatic rings. The van der Waals surface area contributed by atoms with Crippen molar-refractivity contribution in [3.63, 3.8) is 0 Å². The van der Waals surface area contributed by atoms with Gasteiger partial charge in [-0.1, -0.05) is 0 Å². The van der Waals surface area contributed by atoms with Gasteiger partial charge < -0.3 is 21.3 Å². The van der Waals surface area contributed by atoms with E-state index >= 15 is 0 Å². The Balaban J connectivity index is 3.25. The Kier molecular flexibility index (Phi) is 9.80. The molecule has 0 aromatic heterocycles. The van der Waals surface area contributed by atoms with Crippen molar-refractivity contribution >= 4 is 0 Å². The lowest BCUT2D eigenvalue weighted by atomic mass is 10.1. The first-order valence-electron chi connectivity index (χ1n) is 5.00. The zero-order valence-electron chi connectivity index (χ0n) is 8.21. The van der Waals surface area contributed by atoms with Crippen molar-refractivity contribution in [2.45, 2.75) is 31.7 Å². The summed E-state index contributed by atoms with van der Waals surface area (Å²) in [6.07, 6.45) is 3.54. The lowest BCUT2D eigenvalue weighted by Gasteiger charge is -2.15. The van der Waals surface area contributed by atoms with Crippen molar-refractivity contribution in [1.82, 2.24) is 5.32 Å². The summed E-state index contributed by atoms with van der Waals surface area (Å²) in [6, 6.07) is 0.311. The molecule has 0 radical (unpaired) electrons. The molecule has 0 heterocycles. The standard InChI is InChI=1S/C9H22N2O2/c10-8-9(4-3-7-13)11-5-1-2-6-12/h9,11-13H,1-8,10H2. The second-order valence-corrected chi connectivity index (χ2v) is 3.18. The highest BCUT2D eigenvalue weighted by Gasteiger charge is 2.03. The molecule has 0 saturated carbocycles. The first-order chi connectivity index (χ1) is 6.35. The number of hydrogen-bond acceptors (Lipinski definition) is 4. The van der Waals surface area contributed by atoms with Gasteiger partial charge in [-0.2, -0.15) is 0 Å². The summed E-state index contributed by atoms with van der Waals surface area (Å²) in [4.78, 5) is 0. The first-order valence-corrected chi connectivity index (χ1v) is 5.00. The van der Waals surface area contributed by atoms with Crippen LogP contribution in [0.15, 0.2) is 0 Å². The highest BCUT2D eigenvalue weighted by atomic mass is 16.3. The number of rotatable bonds is 9. The maximum Gasteiger partial charge on any atom is 0.0431 e. The van der Waals surface area contributed by atoms with Crippen molar-refractivity contribution in [1.29, 1.82) is 0 Å². The highest BCUT2D eigenvalue weighted by molar-refractivity contribution is 4.66. The summed E-state index contributed by atoms with van der Waals surface area (Å²) < 4.78 is 0. The predicted octanol–water partition coefficient (Wildman–Crippen LogP) is -0.552. The van der Waals surface area contributed by atoms with Gasteiger partial charge in [0.1, 0.15) is 0 Å². The zero-order valence-corrected chi connectivity index (χ0v) is 8.21. The van der Waals surface area contributed by atoms with Gasteiger partial charge in [0.2, 0.25) is 0 Å². The third-order valence-corrected chi connectivity index (χ3v) is 2.01. The molecule has 0 aliphatic carbocycles. The molecule has 80 valence electrons. The molecule has 0 aromatic carbocycles. The van der Waals surface area contributed by atoms with Crippen LogP contribution >= 0.6 is 0 Å². The van der Waals surface area contributed by atoms with E-state index in [1.807, 2.05) is 0 Å². The minimum absolute atomic E-state index is 0.231. The van der Waals surface area contributed by atoms with Crippen LogP contribution in [0, 0.1) is 0 Å². The fourth-order valence-electron chi connectivity index (χ4n) is 1.18. The average Bonchev–Trinajstić information content (AvgIpc) is 2.17. The van der Waals surface area contributed by atoms with Crippen LogP contribution in [0.3, 0.4) is 0 Å². The number of unbranched alkanes of at least 4 members (excludes halogenated alkanes) is 1. The Morgan fingerprint density at radius 1 is 1.08 bits per heavy atom. The second-order valence-electron chi connectivity index (χ2n) is 3.18. The molecule has 0 amide bonds. The quantitative estimate of drug-likeness (QED) is 0.368. The number of aliphatic hydroxyl groups excluding tert-OH is 2. The average molecular weight is 190 g/mol. The van der Waals surface area contributed by atoms with Gasteiger partial charge in [-0.25, -0.2) is 0 Å². The van der Waals surface area contributed by atoms with Crippen LogP contribution in [0.4, 0.5) is 0 Å². The maximum absolute atomic E-state index is 8.62. The lowest BCUT2D eigenvalue weighted by Crippen LogP contribution is -2.36. The smallest absolute Gasteiger partial charge is 0.0431 e. The molecule has 0 fully saturated rings. The minimum atomic E-state index is 0.231. The Bertz CT molecular complexity index is 102. The molecule has 0 rings (SSSR count). The third-order valence-electron chi connectivity index (χ3n) is 2.01. The van der Waals surface area contributed by atoms with Crippen molar-refractivity contribution in [2.75, 3.05) is 26.3 Å². The van der Waals surface area contributed by atoms with Gasteiger partial charge in [-0.05, 0) is 32.2 Å². The fourth-order valence-corrected chi connectivity index (χ4v) is 1.18. The Morgan fingerprint density at radius 2 is 1.77 bits per heavy atom. The van der Waals surface area contributed by atoms with Crippen molar-refractivity contribution in [3.05, 3.63) is 0 Å². The van der Waals surface area contributed by atoms with Gasteiger partial charge >= 0.3 is 0 Å². The van der Waals surface area contributed by atoms with Crippen LogP contribution in [-0.2, 0) is 0 Å². The van der Waals surface area contributed by atoms with E-state index in [0.29, 0.717) is 12.6 Å². The van der Waals surface area contributed by atoms with Crippen molar-refractivity contribution < 1.29 is 10.2 Å². The summed E-state index contributed by atoms with van der Waals surface area (Å²) in [5, 5.41) is 20.5. The van der Waals surface area contributed by atoms with Crippen LogP contribution in [0.1, 0.15) is 25.7 Å². The zero-order chi connectivity index (χ0) is 9.94. The number of hydrogen-bond donors (Lipinski definition) is 4. The normalized spacial score (nSPS) is 13.2. The Hall–Kier alpha value is -0.160. The molecule has 1 atom stereocenters. The summed E-state index contributed by atoms with van der Waals surface area (Å²) >= 11 is 0. The molecule has 0 spiro atoms. The Labute approximate surface area is 80.1 Å². The fraction of sp³-hybridized carbons (Fsp3) is 1.00. The van der Waals surface area contributed by atoms with Gasteiger partial charge in [-0.15, -0.1) is 0 Å². The van der Waals surface area contributed by atoms with E-state index in [2.05, 4.69) is 5.32 Å². The Morgan fingerprint density at radius 3 is 2.31 bits per heavy atom. The van der Waals surface area contributed by atoms with E-state index in [-0.39, 0.29) is 13.2 Å². The summed E-state index contributed by atoms with van der Waals surface area (Å²) in [5.74, 6) is 0. The summed E-state index contributed by atoms with van der Waals surface area (Å²) in [5.41, 5.74) is 5.53. The van der Waals surface area contributed by atoms with Gasteiger partial charge in [-0.3, -0.25) is 0 Å². The molecular weight excluding hydrogens is 168 g/mol. The molecule has 4 heteroatoms. The van der Waals surface area contributed by atoms with E-state index < -0.39 is 0 Å². The molecule has 13 heavy (non-hydrogen) atoms. The second kappa shape index (κ2) is 9.92. The molecule has 4 nitrogen and oxygen atoms in total. The van der Waals surface area contributed by atoms with E-state index in [0.717, 1.165) is 32.2 Å². The molecule has 5 N–H and O–H groups in total. The SMILES string of the molecule is NCC(CCCO)NCCCCO. The highest BCUT2D eigenvalue weighted by Crippen LogP contribution is 1.95. The molecule has 0 saturated heterocycles. The van der Waals surface area contributed by atoms with Crippen molar-refractivity contribution in [2.24, 2.45) is 5.73 Å². The third kappa shape index (κ3) is 8.18. The van der Waals surface area contributed by atoms with E-state index in [1.165, 1.54) is 0 Å².